The van der Waals surface area contributed by atoms with Crippen LogP contribution < -0.4 is 4.72 Å². The maximum Gasteiger partial charge on any atom is 0.349 e. The summed E-state index contributed by atoms with van der Waals surface area (Å²) in [5.41, 5.74) is -1.69. The van der Waals surface area contributed by atoms with E-state index in [1.807, 2.05) is 4.72 Å². The van der Waals surface area contributed by atoms with Crippen molar-refractivity contribution in [3.05, 3.63) is 16.3 Å². The van der Waals surface area contributed by atoms with Gasteiger partial charge in [0, 0.05) is 0 Å². The Hall–Kier alpha value is -1.45. The molecule has 0 radical (unpaired) electrons. The van der Waals surface area contributed by atoms with Gasteiger partial charge >= 0.3 is 11.9 Å². The number of esters is 1. The minimum Gasteiger partial charge on any atom is -0.480 e. The fourth-order valence-electron chi connectivity index (χ4n) is 1.19. The highest BCUT2D eigenvalue weighted by molar-refractivity contribution is 7.89. The van der Waals surface area contributed by atoms with Crippen LogP contribution in [0.3, 0.4) is 0 Å². The van der Waals surface area contributed by atoms with E-state index in [-0.39, 0.29) is 9.77 Å². The standard InChI is InChI=1S/C10H13NO6S2/c1-10(2,9(13)14)11-19(15,16)6-4-5-18-7(6)8(12)17-3/h4-5,11H,1-3H3,(H,13,14). The molecule has 1 aromatic heterocycles. The lowest BCUT2D eigenvalue weighted by atomic mass is 10.1. The van der Waals surface area contributed by atoms with Gasteiger partial charge in [-0.25, -0.2) is 13.2 Å². The molecule has 0 aliphatic rings. The van der Waals surface area contributed by atoms with Crippen LogP contribution in [0.1, 0.15) is 23.5 Å². The normalized spacial score (nSPS) is 12.2. The van der Waals surface area contributed by atoms with Gasteiger partial charge in [0.2, 0.25) is 10.0 Å². The zero-order valence-electron chi connectivity index (χ0n) is 10.5. The first-order valence-electron chi connectivity index (χ1n) is 5.05. The van der Waals surface area contributed by atoms with E-state index in [2.05, 4.69) is 4.74 Å². The van der Waals surface area contributed by atoms with E-state index in [1.54, 1.807) is 0 Å². The Morgan fingerprint density at radius 1 is 1.42 bits per heavy atom. The first-order valence-corrected chi connectivity index (χ1v) is 7.41. The number of thiophene rings is 1. The third kappa shape index (κ3) is 3.31. The highest BCUT2D eigenvalue weighted by atomic mass is 32.2. The number of nitrogens with one attached hydrogen (secondary N) is 1. The van der Waals surface area contributed by atoms with Crippen LogP contribution in [0.2, 0.25) is 0 Å². The lowest BCUT2D eigenvalue weighted by molar-refractivity contribution is -0.142. The van der Waals surface area contributed by atoms with Gasteiger partial charge in [-0.1, -0.05) is 0 Å². The van der Waals surface area contributed by atoms with Crippen LogP contribution >= 0.6 is 11.3 Å². The molecule has 106 valence electrons. The van der Waals surface area contributed by atoms with Gasteiger partial charge in [-0.3, -0.25) is 4.79 Å². The van der Waals surface area contributed by atoms with Crippen LogP contribution in [0.25, 0.3) is 0 Å². The maximum atomic E-state index is 12.1. The summed E-state index contributed by atoms with van der Waals surface area (Å²) >= 11 is 0.902. The number of hydrogen-bond acceptors (Lipinski definition) is 6. The van der Waals surface area contributed by atoms with E-state index < -0.39 is 27.5 Å². The van der Waals surface area contributed by atoms with Crippen molar-refractivity contribution in [2.24, 2.45) is 0 Å². The third-order valence-corrected chi connectivity index (χ3v) is 4.94. The van der Waals surface area contributed by atoms with Crippen molar-refractivity contribution in [2.45, 2.75) is 24.3 Å². The van der Waals surface area contributed by atoms with Crippen molar-refractivity contribution in [1.82, 2.24) is 4.72 Å². The van der Waals surface area contributed by atoms with E-state index >= 15 is 0 Å². The van der Waals surface area contributed by atoms with Gasteiger partial charge in [0.05, 0.1) is 7.11 Å². The Balaban J connectivity index is 3.19. The maximum absolute atomic E-state index is 12.1. The van der Waals surface area contributed by atoms with Crippen LogP contribution in [0.4, 0.5) is 0 Å². The van der Waals surface area contributed by atoms with Gasteiger partial charge < -0.3 is 9.84 Å². The quantitative estimate of drug-likeness (QED) is 0.774. The molecule has 0 atom stereocenters. The molecular formula is C10H13NO6S2. The monoisotopic (exact) mass is 307 g/mol. The van der Waals surface area contributed by atoms with Gasteiger partial charge in [-0.2, -0.15) is 4.72 Å². The molecule has 0 saturated carbocycles. The zero-order valence-corrected chi connectivity index (χ0v) is 12.1. The summed E-state index contributed by atoms with van der Waals surface area (Å²) in [4.78, 5) is 22.0. The van der Waals surface area contributed by atoms with E-state index in [0.29, 0.717) is 0 Å². The van der Waals surface area contributed by atoms with E-state index in [0.717, 1.165) is 18.4 Å². The number of carbonyl (C=O) groups is 2. The minimum atomic E-state index is -4.13. The van der Waals surface area contributed by atoms with Crippen LogP contribution in [-0.4, -0.2) is 38.1 Å². The molecule has 19 heavy (non-hydrogen) atoms. The van der Waals surface area contributed by atoms with E-state index in [1.165, 1.54) is 25.3 Å². The predicted molar refractivity (Wildman–Crippen MR) is 67.7 cm³/mol. The second-order valence-corrected chi connectivity index (χ2v) is 6.71. The summed E-state index contributed by atoms with van der Waals surface area (Å²) in [6, 6.07) is 1.22. The summed E-state index contributed by atoms with van der Waals surface area (Å²) in [6.07, 6.45) is 0. The summed E-state index contributed by atoms with van der Waals surface area (Å²) in [5, 5.41) is 10.3. The Kier molecular flexibility index (Phi) is 4.33. The van der Waals surface area contributed by atoms with Gasteiger partial charge in [0.1, 0.15) is 15.3 Å². The number of rotatable bonds is 5. The molecule has 0 aliphatic carbocycles. The van der Waals surface area contributed by atoms with Crippen molar-refractivity contribution in [2.75, 3.05) is 7.11 Å². The van der Waals surface area contributed by atoms with Gasteiger partial charge in [0.25, 0.3) is 0 Å². The SMILES string of the molecule is COC(=O)c1sccc1S(=O)(=O)NC(C)(C)C(=O)O. The smallest absolute Gasteiger partial charge is 0.349 e. The Bertz CT molecular complexity index is 601. The number of sulfonamides is 1. The summed E-state index contributed by atoms with van der Waals surface area (Å²) in [7, 11) is -2.99. The number of ether oxygens (including phenoxy) is 1. The molecule has 9 heteroatoms. The Morgan fingerprint density at radius 2 is 2.00 bits per heavy atom. The average molecular weight is 307 g/mol. The number of hydrogen-bond donors (Lipinski definition) is 2. The largest absolute Gasteiger partial charge is 0.480 e. The van der Waals surface area contributed by atoms with Gasteiger partial charge in [-0.05, 0) is 25.3 Å². The first kappa shape index (κ1) is 15.6. The molecule has 1 aromatic rings. The van der Waals surface area contributed by atoms with Gasteiger partial charge in [-0.15, -0.1) is 11.3 Å². The fraction of sp³-hybridized carbons (Fsp3) is 0.400. The average Bonchev–Trinajstić information content (AvgIpc) is 2.75. The van der Waals surface area contributed by atoms with Crippen LogP contribution in [0, 0.1) is 0 Å². The van der Waals surface area contributed by atoms with Crippen molar-refractivity contribution in [1.29, 1.82) is 0 Å². The summed E-state index contributed by atoms with van der Waals surface area (Å²) in [5.74, 6) is -2.12. The molecular weight excluding hydrogens is 294 g/mol. The van der Waals surface area contributed by atoms with Crippen LogP contribution in [0.15, 0.2) is 16.3 Å². The Labute approximate surface area is 114 Å². The highest BCUT2D eigenvalue weighted by Crippen LogP contribution is 2.24. The molecule has 0 bridgehead atoms. The number of carboxylic acids is 1. The lowest BCUT2D eigenvalue weighted by Crippen LogP contribution is -2.49. The topological polar surface area (TPSA) is 110 Å². The fourth-order valence-corrected chi connectivity index (χ4v) is 3.89. The zero-order chi connectivity index (χ0) is 14.8. The minimum absolute atomic E-state index is 0.101. The molecule has 0 fully saturated rings. The molecule has 0 spiro atoms. The van der Waals surface area contributed by atoms with E-state index in [4.69, 9.17) is 5.11 Å². The van der Waals surface area contributed by atoms with Crippen molar-refractivity contribution in [3.63, 3.8) is 0 Å². The second-order valence-electron chi connectivity index (χ2n) is 4.14. The number of carbonyl (C=O) groups excluding carboxylic acids is 1. The Morgan fingerprint density at radius 3 is 2.47 bits per heavy atom. The highest BCUT2D eigenvalue weighted by Gasteiger charge is 2.35. The van der Waals surface area contributed by atoms with Crippen molar-refractivity contribution < 1.29 is 27.9 Å². The molecule has 7 nitrogen and oxygen atoms in total. The number of carboxylic acid groups (broad SMARTS) is 1. The lowest BCUT2D eigenvalue weighted by Gasteiger charge is -2.20. The first-order chi connectivity index (χ1) is 8.62. The van der Waals surface area contributed by atoms with Crippen molar-refractivity contribution in [3.8, 4) is 0 Å². The van der Waals surface area contributed by atoms with E-state index in [9.17, 15) is 18.0 Å². The molecule has 0 aromatic carbocycles. The molecule has 1 rings (SSSR count). The molecule has 2 N–H and O–H groups in total. The number of aliphatic carboxylic acids is 1. The molecule has 1 heterocycles. The molecule has 0 saturated heterocycles. The third-order valence-electron chi connectivity index (χ3n) is 2.21. The molecule has 0 amide bonds. The molecule has 0 unspecified atom stereocenters. The van der Waals surface area contributed by atoms with Crippen LogP contribution in [-0.2, 0) is 19.6 Å². The summed E-state index contributed by atoms with van der Waals surface area (Å²) < 4.78 is 30.7. The number of methoxy groups -OCH3 is 1. The predicted octanol–water partition coefficient (Wildman–Crippen LogP) is 0.676. The van der Waals surface area contributed by atoms with Gasteiger partial charge in [0.15, 0.2) is 0 Å². The second kappa shape index (κ2) is 5.27. The van der Waals surface area contributed by atoms with Crippen LogP contribution in [0.5, 0.6) is 0 Å². The molecule has 0 aliphatic heterocycles. The summed E-state index contributed by atoms with van der Waals surface area (Å²) in [6.45, 7) is 2.41. The van der Waals surface area contributed by atoms with Crippen molar-refractivity contribution >= 4 is 33.3 Å².